The van der Waals surface area contributed by atoms with Crippen LogP contribution in [0.1, 0.15) is 51.9 Å². The van der Waals surface area contributed by atoms with Crippen molar-refractivity contribution >= 4 is 17.8 Å². The normalized spacial score (nSPS) is 11.6. The van der Waals surface area contributed by atoms with E-state index in [4.69, 9.17) is 19.5 Å². The highest BCUT2D eigenvalue weighted by molar-refractivity contribution is 6.09. The zero-order valence-corrected chi connectivity index (χ0v) is 21.2. The Morgan fingerprint density at radius 2 is 1.68 bits per heavy atom. The average molecular weight is 498 g/mol. The summed E-state index contributed by atoms with van der Waals surface area (Å²) in [7, 11) is 2.99. The first-order valence-corrected chi connectivity index (χ1v) is 12.2. The van der Waals surface area contributed by atoms with E-state index in [1.165, 1.54) is 7.11 Å². The highest BCUT2D eigenvalue weighted by Crippen LogP contribution is 2.16. The summed E-state index contributed by atoms with van der Waals surface area (Å²) in [5, 5.41) is 9.10. The third kappa shape index (κ3) is 8.45. The van der Waals surface area contributed by atoms with Gasteiger partial charge in [-0.3, -0.25) is 4.79 Å². The van der Waals surface area contributed by atoms with Crippen LogP contribution < -0.4 is 4.74 Å². The number of ether oxygens (including phenoxy) is 3. The molecule has 190 valence electrons. The molecule has 0 saturated heterocycles. The Morgan fingerprint density at radius 3 is 2.38 bits per heavy atom. The number of esters is 1. The summed E-state index contributed by atoms with van der Waals surface area (Å²) in [6.45, 7) is 0.426. The predicted molar refractivity (Wildman–Crippen MR) is 142 cm³/mol. The van der Waals surface area contributed by atoms with Crippen LogP contribution >= 0.6 is 0 Å². The van der Waals surface area contributed by atoms with Crippen LogP contribution in [0, 0.1) is 11.3 Å². The van der Waals surface area contributed by atoms with Crippen LogP contribution in [0.3, 0.4) is 0 Å². The van der Waals surface area contributed by atoms with Crippen LogP contribution in [0.25, 0.3) is 6.08 Å². The predicted octanol–water partition coefficient (Wildman–Crippen LogP) is 5.78. The van der Waals surface area contributed by atoms with E-state index in [9.17, 15) is 9.59 Å². The van der Waals surface area contributed by atoms with Gasteiger partial charge in [0.25, 0.3) is 0 Å². The molecule has 0 fully saturated rings. The van der Waals surface area contributed by atoms with E-state index in [1.54, 1.807) is 49.6 Å². The lowest BCUT2D eigenvalue weighted by Gasteiger charge is -2.16. The van der Waals surface area contributed by atoms with Gasteiger partial charge >= 0.3 is 5.97 Å². The quantitative estimate of drug-likeness (QED) is 0.169. The van der Waals surface area contributed by atoms with Gasteiger partial charge in [-0.15, -0.1) is 0 Å². The molecule has 0 amide bonds. The molecule has 0 saturated carbocycles. The van der Waals surface area contributed by atoms with Gasteiger partial charge in [0.15, 0.2) is 11.9 Å². The molecule has 0 spiro atoms. The number of hydrogen-bond donors (Lipinski definition) is 0. The number of ketones is 1. The summed E-state index contributed by atoms with van der Waals surface area (Å²) in [6, 6.07) is 23.6. The summed E-state index contributed by atoms with van der Waals surface area (Å²) in [6.07, 6.45) is 6.35. The van der Waals surface area contributed by atoms with Gasteiger partial charge in [0.05, 0.1) is 25.9 Å². The van der Waals surface area contributed by atoms with E-state index in [0.29, 0.717) is 29.7 Å². The maximum atomic E-state index is 12.9. The zero-order valence-electron chi connectivity index (χ0n) is 21.2. The van der Waals surface area contributed by atoms with E-state index >= 15 is 0 Å². The van der Waals surface area contributed by atoms with Crippen molar-refractivity contribution in [3.05, 3.63) is 107 Å². The van der Waals surface area contributed by atoms with Gasteiger partial charge in [-0.05, 0) is 60.7 Å². The Hall–Kier alpha value is -4.21. The molecule has 6 nitrogen and oxygen atoms in total. The minimum Gasteiger partial charge on any atom is -0.497 e. The molecule has 0 bridgehead atoms. The highest BCUT2D eigenvalue weighted by atomic mass is 16.6. The first-order chi connectivity index (χ1) is 18.0. The molecule has 0 aliphatic heterocycles. The number of unbranched alkanes of at least 4 members (excludes halogenated alkanes) is 2. The lowest BCUT2D eigenvalue weighted by molar-refractivity contribution is -0.154. The molecule has 0 aliphatic rings. The van der Waals surface area contributed by atoms with E-state index in [0.717, 1.165) is 36.1 Å². The number of carbonyl (C=O) groups is 2. The molecule has 1 atom stereocenters. The van der Waals surface area contributed by atoms with Crippen LogP contribution in [0.2, 0.25) is 0 Å². The number of benzene rings is 3. The topological polar surface area (TPSA) is 85.6 Å². The van der Waals surface area contributed by atoms with Crippen LogP contribution in [0.5, 0.6) is 5.75 Å². The van der Waals surface area contributed by atoms with Crippen LogP contribution in [0.15, 0.2) is 78.9 Å². The average Bonchev–Trinajstić information content (AvgIpc) is 2.95. The molecule has 0 N–H and O–H groups in total. The van der Waals surface area contributed by atoms with Crippen molar-refractivity contribution in [1.29, 1.82) is 5.26 Å². The smallest absolute Gasteiger partial charge is 0.335 e. The molecular weight excluding hydrogens is 466 g/mol. The van der Waals surface area contributed by atoms with Gasteiger partial charge in [0, 0.05) is 24.2 Å². The van der Waals surface area contributed by atoms with E-state index in [2.05, 4.69) is 12.2 Å². The van der Waals surface area contributed by atoms with Crippen molar-refractivity contribution in [2.45, 2.75) is 31.8 Å². The fraction of sp³-hybridized carbons (Fsp3) is 0.258. The van der Waals surface area contributed by atoms with Crippen LogP contribution in [0.4, 0.5) is 0 Å². The fourth-order valence-electron chi connectivity index (χ4n) is 3.82. The van der Waals surface area contributed by atoms with Crippen molar-refractivity contribution in [3.8, 4) is 11.8 Å². The van der Waals surface area contributed by atoms with Crippen molar-refractivity contribution < 1.29 is 23.8 Å². The monoisotopic (exact) mass is 497 g/mol. The molecule has 0 heterocycles. The fourth-order valence-corrected chi connectivity index (χ4v) is 3.82. The van der Waals surface area contributed by atoms with Gasteiger partial charge in [0.1, 0.15) is 5.75 Å². The SMILES string of the molecule is COC(=O)C(Cc1cccc(C(=O)c2cccc(C#N)c2)c1)OCCCCC=Cc1ccc(OC)cc1. The third-order valence-electron chi connectivity index (χ3n) is 5.84. The standard InChI is InChI=1S/C31H31NO5/c1-35-28-16-14-23(15-17-28)9-5-3-4-6-18-37-29(31(34)36-2)21-24-10-7-12-26(19-24)30(33)27-13-8-11-25(20-27)22-32/h5,7-17,19-20,29H,3-4,6,18,21H2,1-2H3. The van der Waals surface area contributed by atoms with Gasteiger partial charge in [-0.1, -0.05) is 54.6 Å². The number of allylic oxidation sites excluding steroid dienone is 1. The number of hydrogen-bond acceptors (Lipinski definition) is 6. The van der Waals surface area contributed by atoms with Crippen molar-refractivity contribution in [1.82, 2.24) is 0 Å². The Balaban J connectivity index is 1.51. The Bertz CT molecular complexity index is 1260. The van der Waals surface area contributed by atoms with Gasteiger partial charge < -0.3 is 14.2 Å². The molecule has 6 heteroatoms. The molecule has 0 aliphatic carbocycles. The van der Waals surface area contributed by atoms with E-state index in [1.807, 2.05) is 36.4 Å². The summed E-state index contributed by atoms with van der Waals surface area (Å²) in [5.41, 5.74) is 3.26. The van der Waals surface area contributed by atoms with Crippen LogP contribution in [-0.4, -0.2) is 38.7 Å². The number of nitrogens with zero attached hydrogens (tertiary/aromatic N) is 1. The number of carbonyl (C=O) groups excluding carboxylic acids is 2. The second-order valence-corrected chi connectivity index (χ2v) is 8.48. The third-order valence-corrected chi connectivity index (χ3v) is 5.84. The summed E-state index contributed by atoms with van der Waals surface area (Å²) in [4.78, 5) is 25.2. The second kappa shape index (κ2) is 14.4. The zero-order chi connectivity index (χ0) is 26.5. The van der Waals surface area contributed by atoms with Crippen LogP contribution in [-0.2, 0) is 20.7 Å². The maximum Gasteiger partial charge on any atom is 0.335 e. The summed E-state index contributed by atoms with van der Waals surface area (Å²) < 4.78 is 16.0. The Morgan fingerprint density at radius 1 is 0.946 bits per heavy atom. The van der Waals surface area contributed by atoms with Crippen molar-refractivity contribution in [3.63, 3.8) is 0 Å². The molecular formula is C31H31NO5. The molecule has 37 heavy (non-hydrogen) atoms. The lowest BCUT2D eigenvalue weighted by atomic mass is 9.98. The molecule has 0 radical (unpaired) electrons. The first kappa shape index (κ1) is 27.4. The van der Waals surface area contributed by atoms with E-state index in [-0.39, 0.29) is 5.78 Å². The summed E-state index contributed by atoms with van der Waals surface area (Å²) in [5.74, 6) is 0.202. The molecule has 1 unspecified atom stereocenters. The molecule has 3 aromatic carbocycles. The maximum absolute atomic E-state index is 12.9. The largest absolute Gasteiger partial charge is 0.497 e. The van der Waals surface area contributed by atoms with Crippen molar-refractivity contribution in [2.24, 2.45) is 0 Å². The number of rotatable bonds is 13. The number of methoxy groups -OCH3 is 2. The highest BCUT2D eigenvalue weighted by Gasteiger charge is 2.21. The van der Waals surface area contributed by atoms with Gasteiger partial charge in [-0.25, -0.2) is 4.79 Å². The van der Waals surface area contributed by atoms with Gasteiger partial charge in [-0.2, -0.15) is 5.26 Å². The van der Waals surface area contributed by atoms with E-state index < -0.39 is 12.1 Å². The molecule has 3 rings (SSSR count). The molecule has 0 aromatic heterocycles. The Kier molecular flexibility index (Phi) is 10.6. The second-order valence-electron chi connectivity index (χ2n) is 8.48. The minimum atomic E-state index is -0.757. The Labute approximate surface area is 218 Å². The van der Waals surface area contributed by atoms with Crippen molar-refractivity contribution in [2.75, 3.05) is 20.8 Å². The first-order valence-electron chi connectivity index (χ1n) is 12.2. The number of nitriles is 1. The minimum absolute atomic E-state index is 0.183. The molecule has 3 aromatic rings. The summed E-state index contributed by atoms with van der Waals surface area (Å²) >= 11 is 0. The lowest BCUT2D eigenvalue weighted by Crippen LogP contribution is -2.28. The van der Waals surface area contributed by atoms with Gasteiger partial charge in [0.2, 0.25) is 0 Å².